The number of ether oxygens (including phenoxy) is 1. The molecule has 2 aromatic carbocycles. The van der Waals surface area contributed by atoms with Gasteiger partial charge in [-0.25, -0.2) is 12.8 Å². The molecule has 0 heterocycles. The molecule has 2 rings (SSSR count). The number of rotatable bonds is 5. The number of halogens is 1. The van der Waals surface area contributed by atoms with Gasteiger partial charge in [-0.1, -0.05) is 24.3 Å². The van der Waals surface area contributed by atoms with Crippen molar-refractivity contribution < 1.29 is 22.3 Å². The van der Waals surface area contributed by atoms with E-state index >= 15 is 0 Å². The van der Waals surface area contributed by atoms with Crippen molar-refractivity contribution in [2.45, 2.75) is 4.90 Å². The van der Waals surface area contributed by atoms with E-state index in [0.717, 1.165) is 6.07 Å². The Hall–Kier alpha value is -2.21. The predicted octanol–water partition coefficient (Wildman–Crippen LogP) is 2.49. The maximum Gasteiger partial charge on any atom is 0.189 e. The summed E-state index contributed by atoms with van der Waals surface area (Å²) in [6.45, 7) is 0. The van der Waals surface area contributed by atoms with Crippen LogP contribution < -0.4 is 4.74 Å². The molecular weight excluding hydrogens is 295 g/mol. The third-order valence-corrected chi connectivity index (χ3v) is 4.52. The summed E-state index contributed by atoms with van der Waals surface area (Å²) in [5.41, 5.74) is 0.0217. The highest BCUT2D eigenvalue weighted by Crippen LogP contribution is 2.24. The van der Waals surface area contributed by atoms with Crippen molar-refractivity contribution in [3.8, 4) is 5.75 Å². The molecule has 21 heavy (non-hydrogen) atoms. The average molecular weight is 308 g/mol. The van der Waals surface area contributed by atoms with E-state index in [4.69, 9.17) is 4.74 Å². The molecule has 0 spiro atoms. The lowest BCUT2D eigenvalue weighted by molar-refractivity contribution is 0.102. The second-order valence-electron chi connectivity index (χ2n) is 4.34. The van der Waals surface area contributed by atoms with Gasteiger partial charge in [0, 0.05) is 5.56 Å². The molecule has 0 aliphatic carbocycles. The smallest absolute Gasteiger partial charge is 0.189 e. The normalized spacial score (nSPS) is 11.1. The summed E-state index contributed by atoms with van der Waals surface area (Å²) in [4.78, 5) is 11.9. The van der Waals surface area contributed by atoms with Crippen molar-refractivity contribution >= 4 is 15.6 Å². The molecule has 6 heteroatoms. The first-order chi connectivity index (χ1) is 9.94. The first-order valence-electron chi connectivity index (χ1n) is 6.08. The summed E-state index contributed by atoms with van der Waals surface area (Å²) >= 11 is 0. The molecule has 0 aliphatic rings. The Kier molecular flexibility index (Phi) is 4.37. The van der Waals surface area contributed by atoms with Gasteiger partial charge < -0.3 is 4.74 Å². The van der Waals surface area contributed by atoms with E-state index in [1.807, 2.05) is 0 Å². The lowest BCUT2D eigenvalue weighted by atomic mass is 10.1. The summed E-state index contributed by atoms with van der Waals surface area (Å²) in [7, 11) is -2.51. The SMILES string of the molecule is COc1ccccc1S(=O)(=O)CC(=O)c1cccc(F)c1. The molecule has 0 fully saturated rings. The van der Waals surface area contributed by atoms with Crippen LogP contribution in [0.5, 0.6) is 5.75 Å². The van der Waals surface area contributed by atoms with Crippen LogP contribution in [0.15, 0.2) is 53.4 Å². The minimum atomic E-state index is -3.86. The zero-order chi connectivity index (χ0) is 15.5. The van der Waals surface area contributed by atoms with E-state index in [-0.39, 0.29) is 16.2 Å². The second-order valence-corrected chi connectivity index (χ2v) is 6.30. The minimum Gasteiger partial charge on any atom is -0.495 e. The van der Waals surface area contributed by atoms with Crippen LogP contribution in [0.2, 0.25) is 0 Å². The fourth-order valence-electron chi connectivity index (χ4n) is 1.87. The highest BCUT2D eigenvalue weighted by Gasteiger charge is 2.23. The van der Waals surface area contributed by atoms with Crippen LogP contribution in [0, 0.1) is 5.82 Å². The number of hydrogen-bond donors (Lipinski definition) is 0. The molecule has 2 aromatic rings. The number of ketones is 1. The van der Waals surface area contributed by atoms with Crippen LogP contribution in [0.3, 0.4) is 0 Å². The molecule has 0 bridgehead atoms. The monoisotopic (exact) mass is 308 g/mol. The Morgan fingerprint density at radius 1 is 1.14 bits per heavy atom. The number of sulfone groups is 1. The van der Waals surface area contributed by atoms with Crippen LogP contribution in [-0.4, -0.2) is 27.1 Å². The zero-order valence-electron chi connectivity index (χ0n) is 11.2. The van der Waals surface area contributed by atoms with Crippen molar-refractivity contribution in [1.29, 1.82) is 0 Å². The second kappa shape index (κ2) is 6.05. The molecule has 4 nitrogen and oxygen atoms in total. The lowest BCUT2D eigenvalue weighted by Gasteiger charge is -2.08. The van der Waals surface area contributed by atoms with Gasteiger partial charge in [0.05, 0.1) is 7.11 Å². The van der Waals surface area contributed by atoms with Gasteiger partial charge in [0.2, 0.25) is 0 Å². The van der Waals surface area contributed by atoms with Crippen molar-refractivity contribution in [2.24, 2.45) is 0 Å². The Labute approximate surface area is 122 Å². The minimum absolute atomic E-state index is 0.0217. The summed E-state index contributed by atoms with van der Waals surface area (Å²) in [6.07, 6.45) is 0. The third-order valence-electron chi connectivity index (χ3n) is 2.87. The number of hydrogen-bond acceptors (Lipinski definition) is 4. The third kappa shape index (κ3) is 3.46. The molecule has 0 saturated heterocycles. The Balaban J connectivity index is 2.31. The topological polar surface area (TPSA) is 60.4 Å². The molecule has 0 amide bonds. The largest absolute Gasteiger partial charge is 0.495 e. The molecule has 0 aliphatic heterocycles. The number of benzene rings is 2. The highest BCUT2D eigenvalue weighted by molar-refractivity contribution is 7.92. The van der Waals surface area contributed by atoms with E-state index in [9.17, 15) is 17.6 Å². The van der Waals surface area contributed by atoms with Gasteiger partial charge in [-0.3, -0.25) is 4.79 Å². The predicted molar refractivity (Wildman–Crippen MR) is 75.8 cm³/mol. The quantitative estimate of drug-likeness (QED) is 0.796. The van der Waals surface area contributed by atoms with Crippen molar-refractivity contribution in [3.63, 3.8) is 0 Å². The maximum atomic E-state index is 13.1. The molecule has 0 unspecified atom stereocenters. The van der Waals surface area contributed by atoms with Gasteiger partial charge in [-0.2, -0.15) is 0 Å². The fraction of sp³-hybridized carbons (Fsp3) is 0.133. The zero-order valence-corrected chi connectivity index (χ0v) is 12.1. The Morgan fingerprint density at radius 2 is 1.86 bits per heavy atom. The summed E-state index contributed by atoms with van der Waals surface area (Å²) in [6, 6.07) is 11.0. The number of para-hydroxylation sites is 1. The molecule has 0 radical (unpaired) electrons. The molecule has 0 saturated carbocycles. The Morgan fingerprint density at radius 3 is 2.52 bits per heavy atom. The summed E-state index contributed by atoms with van der Waals surface area (Å²) in [5, 5.41) is 0. The standard InChI is InChI=1S/C15H13FO4S/c1-20-14-7-2-3-8-15(14)21(18,19)10-13(17)11-5-4-6-12(16)9-11/h2-9H,10H2,1H3. The van der Waals surface area contributed by atoms with Crippen LogP contribution in [0.4, 0.5) is 4.39 Å². The average Bonchev–Trinajstić information content (AvgIpc) is 2.46. The number of carbonyl (C=O) groups is 1. The molecule has 0 aromatic heterocycles. The molecule has 0 N–H and O–H groups in total. The molecule has 0 atom stereocenters. The first kappa shape index (κ1) is 15.2. The number of Topliss-reactive ketones (excluding diaryl/α,β-unsaturated/α-hetero) is 1. The number of carbonyl (C=O) groups excluding carboxylic acids is 1. The van der Waals surface area contributed by atoms with Crippen LogP contribution in [-0.2, 0) is 9.84 Å². The first-order valence-corrected chi connectivity index (χ1v) is 7.74. The van der Waals surface area contributed by atoms with E-state index in [1.54, 1.807) is 12.1 Å². The van der Waals surface area contributed by atoms with Crippen molar-refractivity contribution in [3.05, 3.63) is 59.9 Å². The van der Waals surface area contributed by atoms with Gasteiger partial charge in [0.15, 0.2) is 15.6 Å². The van der Waals surface area contributed by atoms with Gasteiger partial charge >= 0.3 is 0 Å². The van der Waals surface area contributed by atoms with Crippen molar-refractivity contribution in [1.82, 2.24) is 0 Å². The Bertz CT molecular complexity index is 769. The van der Waals surface area contributed by atoms with E-state index in [0.29, 0.717) is 0 Å². The van der Waals surface area contributed by atoms with Crippen LogP contribution in [0.1, 0.15) is 10.4 Å². The van der Waals surface area contributed by atoms with E-state index in [1.165, 1.54) is 37.4 Å². The van der Waals surface area contributed by atoms with Gasteiger partial charge in [-0.05, 0) is 24.3 Å². The summed E-state index contributed by atoms with van der Waals surface area (Å²) in [5.74, 6) is -1.82. The highest BCUT2D eigenvalue weighted by atomic mass is 32.2. The maximum absolute atomic E-state index is 13.1. The number of methoxy groups -OCH3 is 1. The fourth-order valence-corrected chi connectivity index (χ4v) is 3.28. The van der Waals surface area contributed by atoms with Crippen molar-refractivity contribution in [2.75, 3.05) is 12.9 Å². The molecule has 110 valence electrons. The summed E-state index contributed by atoms with van der Waals surface area (Å²) < 4.78 is 42.6. The molecular formula is C15H13FO4S. The van der Waals surface area contributed by atoms with Crippen LogP contribution in [0.25, 0.3) is 0 Å². The van der Waals surface area contributed by atoms with Crippen LogP contribution >= 0.6 is 0 Å². The van der Waals surface area contributed by atoms with E-state index < -0.39 is 27.2 Å². The van der Waals surface area contributed by atoms with Gasteiger partial charge in [0.1, 0.15) is 22.2 Å². The van der Waals surface area contributed by atoms with Gasteiger partial charge in [-0.15, -0.1) is 0 Å². The van der Waals surface area contributed by atoms with Gasteiger partial charge in [0.25, 0.3) is 0 Å². The lowest BCUT2D eigenvalue weighted by Crippen LogP contribution is -2.17. The van der Waals surface area contributed by atoms with E-state index in [2.05, 4.69) is 0 Å².